The Morgan fingerprint density at radius 3 is 2.57 bits per heavy atom. The van der Waals surface area contributed by atoms with Gasteiger partial charge in [-0.2, -0.15) is 0 Å². The number of aliphatic hydroxyl groups excluding tert-OH is 1. The molecule has 3 heteroatoms. The van der Waals surface area contributed by atoms with Crippen LogP contribution in [0, 0.1) is 11.3 Å². The van der Waals surface area contributed by atoms with Crippen molar-refractivity contribution in [1.82, 2.24) is 10.6 Å². The molecule has 3 N–H and O–H groups in total. The second kappa shape index (κ2) is 8.85. The summed E-state index contributed by atoms with van der Waals surface area (Å²) in [4.78, 5) is 0. The third kappa shape index (κ3) is 4.47. The van der Waals surface area contributed by atoms with Crippen LogP contribution in [-0.2, 0) is 11.8 Å². The molecule has 0 aromatic heterocycles. The lowest BCUT2D eigenvalue weighted by Crippen LogP contribution is -2.53. The van der Waals surface area contributed by atoms with Gasteiger partial charge in [0.25, 0.3) is 0 Å². The van der Waals surface area contributed by atoms with Gasteiger partial charge in [0, 0.05) is 26.2 Å². The predicted molar refractivity (Wildman–Crippen MR) is 119 cm³/mol. The largest absolute Gasteiger partial charge is 0.392 e. The van der Waals surface area contributed by atoms with Crippen LogP contribution in [0.4, 0.5) is 0 Å². The molecule has 2 aliphatic rings. The topological polar surface area (TPSA) is 44.3 Å². The van der Waals surface area contributed by atoms with Crippen LogP contribution in [0.5, 0.6) is 0 Å². The summed E-state index contributed by atoms with van der Waals surface area (Å²) in [6, 6.07) is 7.35. The Hall–Kier alpha value is -0.900. The lowest BCUT2D eigenvalue weighted by Gasteiger charge is -2.55. The third-order valence-corrected chi connectivity index (χ3v) is 7.62. The minimum atomic E-state index is -0.268. The fourth-order valence-electron chi connectivity index (χ4n) is 6.08. The van der Waals surface area contributed by atoms with E-state index in [1.807, 2.05) is 6.92 Å². The molecule has 1 fully saturated rings. The maximum absolute atomic E-state index is 9.36. The predicted octanol–water partition coefficient (Wildman–Crippen LogP) is 4.38. The molecule has 28 heavy (non-hydrogen) atoms. The van der Waals surface area contributed by atoms with Gasteiger partial charge >= 0.3 is 0 Å². The molecule has 0 spiro atoms. The van der Waals surface area contributed by atoms with Gasteiger partial charge in [0.2, 0.25) is 0 Å². The fourth-order valence-corrected chi connectivity index (χ4v) is 6.08. The molecule has 1 aromatic carbocycles. The van der Waals surface area contributed by atoms with Crippen LogP contribution >= 0.6 is 0 Å². The molecule has 158 valence electrons. The van der Waals surface area contributed by atoms with Crippen LogP contribution in [0.3, 0.4) is 0 Å². The minimum Gasteiger partial charge on any atom is -0.392 e. The summed E-state index contributed by atoms with van der Waals surface area (Å²) < 4.78 is 0. The Morgan fingerprint density at radius 1 is 1.11 bits per heavy atom. The number of fused-ring (bicyclic) bond motifs is 3. The first-order valence-electron chi connectivity index (χ1n) is 11.5. The zero-order valence-corrected chi connectivity index (χ0v) is 18.8. The molecule has 0 bridgehead atoms. The van der Waals surface area contributed by atoms with E-state index in [1.54, 1.807) is 11.1 Å². The summed E-state index contributed by atoms with van der Waals surface area (Å²) in [7, 11) is 0. The minimum absolute atomic E-state index is 0.268. The van der Waals surface area contributed by atoms with Crippen molar-refractivity contribution in [1.29, 1.82) is 0 Å². The fraction of sp³-hybridized carbons (Fsp3) is 0.760. The zero-order chi connectivity index (χ0) is 20.4. The maximum atomic E-state index is 9.36. The summed E-state index contributed by atoms with van der Waals surface area (Å²) in [5.74, 6) is 1.36. The average molecular weight is 387 g/mol. The Balaban J connectivity index is 1.68. The number of hydrogen-bond donors (Lipinski definition) is 3. The number of rotatable bonds is 8. The van der Waals surface area contributed by atoms with E-state index in [9.17, 15) is 5.11 Å². The van der Waals surface area contributed by atoms with Crippen molar-refractivity contribution in [3.8, 4) is 0 Å². The molecule has 4 atom stereocenters. The SMILES string of the molecule is CC(C)c1ccc2c(c1)CC[C@H]1[C@](C)(CNCCNC[C@@H](C)O)CCC[C@]21C. The van der Waals surface area contributed by atoms with Gasteiger partial charge in [-0.1, -0.05) is 52.3 Å². The lowest BCUT2D eigenvalue weighted by atomic mass is 9.49. The van der Waals surface area contributed by atoms with Crippen LogP contribution in [0.1, 0.15) is 82.9 Å². The van der Waals surface area contributed by atoms with E-state index in [0.29, 0.717) is 23.3 Å². The van der Waals surface area contributed by atoms with Crippen LogP contribution in [-0.4, -0.2) is 37.4 Å². The molecule has 3 rings (SSSR count). The summed E-state index contributed by atoms with van der Waals surface area (Å²) in [5.41, 5.74) is 5.43. The van der Waals surface area contributed by atoms with Crippen molar-refractivity contribution in [3.05, 3.63) is 34.9 Å². The Labute approximate surface area is 172 Å². The first-order valence-corrected chi connectivity index (χ1v) is 11.5. The number of aryl methyl sites for hydroxylation is 1. The van der Waals surface area contributed by atoms with Crippen molar-refractivity contribution in [2.45, 2.75) is 84.2 Å². The highest BCUT2D eigenvalue weighted by Gasteiger charge is 2.51. The van der Waals surface area contributed by atoms with Crippen molar-refractivity contribution >= 4 is 0 Å². The molecule has 0 aliphatic heterocycles. The number of benzene rings is 1. The molecule has 0 heterocycles. The van der Waals surface area contributed by atoms with Gasteiger partial charge in [0.05, 0.1) is 6.10 Å². The number of aliphatic hydroxyl groups is 1. The van der Waals surface area contributed by atoms with E-state index in [-0.39, 0.29) is 6.10 Å². The third-order valence-electron chi connectivity index (χ3n) is 7.62. The zero-order valence-electron chi connectivity index (χ0n) is 18.8. The summed E-state index contributed by atoms with van der Waals surface area (Å²) >= 11 is 0. The average Bonchev–Trinajstić information content (AvgIpc) is 2.63. The molecule has 2 aliphatic carbocycles. The normalized spacial score (nSPS) is 30.8. The van der Waals surface area contributed by atoms with Gasteiger partial charge in [-0.15, -0.1) is 0 Å². The van der Waals surface area contributed by atoms with Gasteiger partial charge in [0.1, 0.15) is 0 Å². The van der Waals surface area contributed by atoms with Crippen LogP contribution in [0.25, 0.3) is 0 Å². The van der Waals surface area contributed by atoms with E-state index in [4.69, 9.17) is 0 Å². The summed E-state index contributed by atoms with van der Waals surface area (Å²) in [6.07, 6.45) is 6.29. The van der Waals surface area contributed by atoms with Crippen molar-refractivity contribution in [2.24, 2.45) is 11.3 Å². The molecule has 1 aromatic rings. The summed E-state index contributed by atoms with van der Waals surface area (Å²) in [5, 5.41) is 16.4. The van der Waals surface area contributed by atoms with Crippen molar-refractivity contribution in [3.63, 3.8) is 0 Å². The molecular weight excluding hydrogens is 344 g/mol. The lowest BCUT2D eigenvalue weighted by molar-refractivity contribution is 0.0261. The van der Waals surface area contributed by atoms with E-state index in [0.717, 1.165) is 25.6 Å². The van der Waals surface area contributed by atoms with Crippen LogP contribution < -0.4 is 10.6 Å². The molecule has 3 nitrogen and oxygen atoms in total. The van der Waals surface area contributed by atoms with Gasteiger partial charge in [-0.05, 0) is 72.0 Å². The van der Waals surface area contributed by atoms with Crippen LogP contribution in [0.15, 0.2) is 18.2 Å². The van der Waals surface area contributed by atoms with Gasteiger partial charge in [0.15, 0.2) is 0 Å². The van der Waals surface area contributed by atoms with E-state index < -0.39 is 0 Å². The van der Waals surface area contributed by atoms with Gasteiger partial charge in [-0.25, -0.2) is 0 Å². The monoisotopic (exact) mass is 386 g/mol. The van der Waals surface area contributed by atoms with Gasteiger partial charge in [-0.3, -0.25) is 0 Å². The number of hydrogen-bond acceptors (Lipinski definition) is 3. The standard InChI is InChI=1S/C25H42N2O/c1-18(2)20-7-9-22-21(15-20)8-10-23-24(4,11-6-12-25(22,23)5)17-27-14-13-26-16-19(3)28/h7,9,15,18-19,23,26-28H,6,8,10-14,16-17H2,1-5H3/t19-,23+,24+,25-/m1/s1. The molecule has 0 saturated heterocycles. The first-order chi connectivity index (χ1) is 13.3. The smallest absolute Gasteiger partial charge is 0.0636 e. The highest BCUT2D eigenvalue weighted by molar-refractivity contribution is 5.42. The first kappa shape index (κ1) is 21.8. The number of nitrogens with one attached hydrogen (secondary N) is 2. The molecule has 0 unspecified atom stereocenters. The van der Waals surface area contributed by atoms with Crippen molar-refractivity contribution < 1.29 is 5.11 Å². The Morgan fingerprint density at radius 2 is 1.86 bits per heavy atom. The molecular formula is C25H42N2O. The quantitative estimate of drug-likeness (QED) is 0.581. The Bertz CT molecular complexity index is 656. The van der Waals surface area contributed by atoms with E-state index >= 15 is 0 Å². The highest BCUT2D eigenvalue weighted by Crippen LogP contribution is 2.57. The van der Waals surface area contributed by atoms with E-state index in [2.05, 4.69) is 56.5 Å². The molecule has 1 saturated carbocycles. The molecule has 0 radical (unpaired) electrons. The maximum Gasteiger partial charge on any atom is 0.0636 e. The summed E-state index contributed by atoms with van der Waals surface area (Å²) in [6.45, 7) is 15.2. The van der Waals surface area contributed by atoms with Crippen molar-refractivity contribution in [2.75, 3.05) is 26.2 Å². The molecule has 0 amide bonds. The highest BCUT2D eigenvalue weighted by atomic mass is 16.3. The van der Waals surface area contributed by atoms with Crippen LogP contribution in [0.2, 0.25) is 0 Å². The second-order valence-corrected chi connectivity index (χ2v) is 10.3. The Kier molecular flexibility index (Phi) is 6.89. The van der Waals surface area contributed by atoms with E-state index in [1.165, 1.54) is 37.7 Å². The van der Waals surface area contributed by atoms with Gasteiger partial charge < -0.3 is 15.7 Å². The second-order valence-electron chi connectivity index (χ2n) is 10.3.